The van der Waals surface area contributed by atoms with Crippen molar-refractivity contribution in [3.05, 3.63) is 65.2 Å². The molecule has 2 N–H and O–H groups in total. The molecule has 168 valence electrons. The molecular weight excluding hydrogens is 404 g/mol. The number of rotatable bonds is 9. The number of anilines is 1. The Hall–Kier alpha value is -3.30. The Morgan fingerprint density at radius 2 is 1.72 bits per heavy atom. The van der Waals surface area contributed by atoms with Gasteiger partial charge in [0.25, 0.3) is 0 Å². The molecule has 6 heteroatoms. The first-order chi connectivity index (χ1) is 15.3. The highest BCUT2D eigenvalue weighted by Crippen LogP contribution is 2.27. The number of amides is 1. The molecule has 2 aromatic carbocycles. The number of carbonyl (C=O) groups excluding carboxylic acids is 1. The van der Waals surface area contributed by atoms with E-state index in [9.17, 15) is 14.7 Å². The summed E-state index contributed by atoms with van der Waals surface area (Å²) in [7, 11) is 0. The van der Waals surface area contributed by atoms with Crippen molar-refractivity contribution in [3.8, 4) is 11.8 Å². The third kappa shape index (κ3) is 6.86. The lowest BCUT2D eigenvalue weighted by Gasteiger charge is -2.36. The maximum Gasteiger partial charge on any atom is 0.335 e. The average Bonchev–Trinajstić information content (AvgIpc) is 3.59. The molecule has 1 aliphatic carbocycles. The van der Waals surface area contributed by atoms with Crippen LogP contribution in [0.2, 0.25) is 0 Å². The van der Waals surface area contributed by atoms with Crippen molar-refractivity contribution < 1.29 is 19.8 Å². The normalized spacial score (nSPS) is 13.6. The summed E-state index contributed by atoms with van der Waals surface area (Å²) in [5, 5.41) is 22.5. The van der Waals surface area contributed by atoms with E-state index in [2.05, 4.69) is 11.8 Å². The summed E-state index contributed by atoms with van der Waals surface area (Å²) >= 11 is 0. The van der Waals surface area contributed by atoms with E-state index in [1.807, 2.05) is 29.3 Å². The van der Waals surface area contributed by atoms with E-state index >= 15 is 0 Å². The molecule has 2 aromatic rings. The van der Waals surface area contributed by atoms with Crippen molar-refractivity contribution in [1.82, 2.24) is 5.01 Å². The van der Waals surface area contributed by atoms with Gasteiger partial charge in [0.2, 0.25) is 5.91 Å². The quantitative estimate of drug-likeness (QED) is 0.464. The second-order valence-electron chi connectivity index (χ2n) is 8.25. The molecule has 1 fully saturated rings. The lowest BCUT2D eigenvalue weighted by Crippen LogP contribution is -2.48. The van der Waals surface area contributed by atoms with Gasteiger partial charge in [0.15, 0.2) is 0 Å². The van der Waals surface area contributed by atoms with Gasteiger partial charge in [0.05, 0.1) is 17.4 Å². The number of aliphatic hydroxyl groups excluding tert-OH is 1. The van der Waals surface area contributed by atoms with Crippen LogP contribution in [0, 0.1) is 17.8 Å². The van der Waals surface area contributed by atoms with Crippen LogP contribution in [0.5, 0.6) is 0 Å². The summed E-state index contributed by atoms with van der Waals surface area (Å²) in [6.45, 7) is 4.18. The van der Waals surface area contributed by atoms with Crippen LogP contribution in [0.4, 0.5) is 5.69 Å². The molecular formula is C26H30N2O4. The Bertz CT molecular complexity index is 983. The largest absolute Gasteiger partial charge is 0.478 e. The number of carboxylic acid groups (broad SMARTS) is 1. The Balaban J connectivity index is 1.76. The summed E-state index contributed by atoms with van der Waals surface area (Å²) < 4.78 is 0. The predicted molar refractivity (Wildman–Crippen MR) is 124 cm³/mol. The van der Waals surface area contributed by atoms with Crippen molar-refractivity contribution in [1.29, 1.82) is 0 Å². The van der Waals surface area contributed by atoms with E-state index in [1.54, 1.807) is 36.2 Å². The fourth-order valence-electron chi connectivity index (χ4n) is 3.33. The maximum absolute atomic E-state index is 12.5. The van der Waals surface area contributed by atoms with Crippen molar-refractivity contribution in [3.63, 3.8) is 0 Å². The highest BCUT2D eigenvalue weighted by atomic mass is 16.4. The van der Waals surface area contributed by atoms with Gasteiger partial charge in [-0.1, -0.05) is 24.0 Å². The second-order valence-corrected chi connectivity index (χ2v) is 8.25. The van der Waals surface area contributed by atoms with Gasteiger partial charge in [-0.05, 0) is 74.6 Å². The number of aliphatic hydroxyl groups is 1. The zero-order chi connectivity index (χ0) is 23.1. The Morgan fingerprint density at radius 3 is 2.25 bits per heavy atom. The number of carbonyl (C=O) groups is 2. The molecule has 1 unspecified atom stereocenters. The molecule has 1 amide bonds. The van der Waals surface area contributed by atoms with Gasteiger partial charge in [-0.2, -0.15) is 0 Å². The standard InChI is InChI=1S/C26H30N2O4/c1-19(29)15-17-28(25-13-9-22(10-14-25)6-5-21-3-4-21)27(20(2)30)18-16-23-7-11-24(12-8-23)26(31)32/h7-14,19,21,29H,3-4,15-18H2,1-2H3,(H,31,32). The zero-order valence-electron chi connectivity index (χ0n) is 18.6. The van der Waals surface area contributed by atoms with Gasteiger partial charge in [-0.25, -0.2) is 4.79 Å². The highest BCUT2D eigenvalue weighted by molar-refractivity contribution is 5.87. The van der Waals surface area contributed by atoms with E-state index in [4.69, 9.17) is 5.11 Å². The van der Waals surface area contributed by atoms with Crippen LogP contribution in [0.25, 0.3) is 0 Å². The highest BCUT2D eigenvalue weighted by Gasteiger charge is 2.20. The van der Waals surface area contributed by atoms with Crippen LogP contribution in [-0.4, -0.2) is 46.3 Å². The number of aromatic carboxylic acids is 1. The first-order valence-corrected chi connectivity index (χ1v) is 11.0. The lowest BCUT2D eigenvalue weighted by molar-refractivity contribution is -0.129. The molecule has 0 aromatic heterocycles. The molecule has 0 radical (unpaired) electrons. The summed E-state index contributed by atoms with van der Waals surface area (Å²) in [6.07, 6.45) is 2.98. The predicted octanol–water partition coefficient (Wildman–Crippen LogP) is 3.73. The summed E-state index contributed by atoms with van der Waals surface area (Å²) in [4.78, 5) is 23.6. The van der Waals surface area contributed by atoms with E-state index in [1.165, 1.54) is 19.8 Å². The van der Waals surface area contributed by atoms with Gasteiger partial charge in [-0.15, -0.1) is 0 Å². The minimum absolute atomic E-state index is 0.102. The third-order valence-corrected chi connectivity index (χ3v) is 5.39. The minimum Gasteiger partial charge on any atom is -0.478 e. The van der Waals surface area contributed by atoms with Gasteiger partial charge >= 0.3 is 5.97 Å². The number of hydrazine groups is 1. The smallest absolute Gasteiger partial charge is 0.335 e. The van der Waals surface area contributed by atoms with Crippen molar-refractivity contribution in [2.75, 3.05) is 18.1 Å². The molecule has 1 atom stereocenters. The van der Waals surface area contributed by atoms with Crippen molar-refractivity contribution in [2.45, 2.75) is 45.6 Å². The summed E-state index contributed by atoms with van der Waals surface area (Å²) in [6, 6.07) is 14.5. The van der Waals surface area contributed by atoms with Crippen molar-refractivity contribution in [2.24, 2.45) is 5.92 Å². The Labute approximate surface area is 189 Å². The van der Waals surface area contributed by atoms with Crippen LogP contribution < -0.4 is 5.01 Å². The summed E-state index contributed by atoms with van der Waals surface area (Å²) in [5.74, 6) is 5.93. The van der Waals surface area contributed by atoms with Crippen LogP contribution in [-0.2, 0) is 11.2 Å². The van der Waals surface area contributed by atoms with Gasteiger partial charge in [0.1, 0.15) is 0 Å². The molecule has 1 saturated carbocycles. The van der Waals surface area contributed by atoms with E-state index in [-0.39, 0.29) is 11.5 Å². The average molecular weight is 435 g/mol. The van der Waals surface area contributed by atoms with Crippen LogP contribution in [0.3, 0.4) is 0 Å². The topological polar surface area (TPSA) is 81.1 Å². The van der Waals surface area contributed by atoms with Crippen molar-refractivity contribution >= 4 is 17.6 Å². The number of nitrogens with zero attached hydrogens (tertiary/aromatic N) is 2. The molecule has 0 spiro atoms. The summed E-state index contributed by atoms with van der Waals surface area (Å²) in [5.41, 5.74) is 2.99. The van der Waals surface area contributed by atoms with Crippen LogP contribution in [0.1, 0.15) is 54.6 Å². The van der Waals surface area contributed by atoms with Gasteiger partial charge < -0.3 is 10.2 Å². The lowest BCUT2D eigenvalue weighted by atomic mass is 10.1. The fourth-order valence-corrected chi connectivity index (χ4v) is 3.33. The fraction of sp³-hybridized carbons (Fsp3) is 0.385. The molecule has 6 nitrogen and oxygen atoms in total. The van der Waals surface area contributed by atoms with Gasteiger partial charge in [-0.3, -0.25) is 14.8 Å². The van der Waals surface area contributed by atoms with Gasteiger partial charge in [0, 0.05) is 31.5 Å². The number of benzene rings is 2. The Morgan fingerprint density at radius 1 is 1.06 bits per heavy atom. The Kier molecular flexibility index (Phi) is 7.91. The number of carboxylic acids is 1. The zero-order valence-corrected chi connectivity index (χ0v) is 18.6. The molecule has 0 aliphatic heterocycles. The molecule has 32 heavy (non-hydrogen) atoms. The number of hydrogen-bond donors (Lipinski definition) is 2. The van der Waals surface area contributed by atoms with E-state index in [0.29, 0.717) is 31.8 Å². The molecule has 0 saturated heterocycles. The first kappa shape index (κ1) is 23.4. The van der Waals surface area contributed by atoms with E-state index in [0.717, 1.165) is 16.8 Å². The SMILES string of the molecule is CC(=O)N(CCc1ccc(C(=O)O)cc1)N(CCC(C)O)c1ccc(C#CC2CC2)cc1. The molecule has 1 aliphatic rings. The van der Waals surface area contributed by atoms with Crippen LogP contribution in [0.15, 0.2) is 48.5 Å². The van der Waals surface area contributed by atoms with Crippen LogP contribution >= 0.6 is 0 Å². The minimum atomic E-state index is -0.962. The van der Waals surface area contributed by atoms with E-state index < -0.39 is 12.1 Å². The molecule has 0 heterocycles. The third-order valence-electron chi connectivity index (χ3n) is 5.39. The first-order valence-electron chi connectivity index (χ1n) is 11.0. The number of hydrogen-bond acceptors (Lipinski definition) is 4. The maximum atomic E-state index is 12.5. The molecule has 3 rings (SSSR count). The monoisotopic (exact) mass is 434 g/mol. The second kappa shape index (κ2) is 10.8. The molecule has 0 bridgehead atoms.